The molecule has 0 aromatic rings. The van der Waals surface area contributed by atoms with Gasteiger partial charge in [0.1, 0.15) is 0 Å². The van der Waals surface area contributed by atoms with Crippen LogP contribution in [0.3, 0.4) is 0 Å². The fraction of sp³-hybridized carbons (Fsp3) is 0.800. The van der Waals surface area contributed by atoms with E-state index in [1.807, 2.05) is 0 Å². The monoisotopic (exact) mass is 250 g/mol. The smallest absolute Gasteiger partial charge is 0.336 e. The Labute approximate surface area is 108 Å². The molecule has 0 bridgehead atoms. The number of hydrogen-bond donors (Lipinski definition) is 1. The molecule has 3 atom stereocenters. The number of ether oxygens (including phenoxy) is 1. The molecule has 1 saturated carbocycles. The van der Waals surface area contributed by atoms with E-state index in [-0.39, 0.29) is 16.8 Å². The number of aliphatic hydroxyl groups excluding tert-OH is 1. The van der Waals surface area contributed by atoms with Crippen molar-refractivity contribution >= 4 is 5.97 Å². The fourth-order valence-corrected chi connectivity index (χ4v) is 4.80. The SMILES string of the molecule is CC1(C)CCC[C@]2(C)C3=C(CC[C@@H]12)C(=O)OC3O. The van der Waals surface area contributed by atoms with Gasteiger partial charge in [-0.05, 0) is 42.4 Å². The molecule has 100 valence electrons. The first-order valence-corrected chi connectivity index (χ1v) is 6.99. The van der Waals surface area contributed by atoms with E-state index in [9.17, 15) is 9.90 Å². The van der Waals surface area contributed by atoms with Gasteiger partial charge in [-0.1, -0.05) is 27.2 Å². The van der Waals surface area contributed by atoms with Gasteiger partial charge >= 0.3 is 5.97 Å². The second-order valence-electron chi connectivity index (χ2n) is 7.00. The fourth-order valence-electron chi connectivity index (χ4n) is 4.80. The molecule has 1 N–H and O–H groups in total. The van der Waals surface area contributed by atoms with Crippen LogP contribution in [0.25, 0.3) is 0 Å². The van der Waals surface area contributed by atoms with Crippen LogP contribution in [-0.4, -0.2) is 17.4 Å². The summed E-state index contributed by atoms with van der Waals surface area (Å²) in [6.07, 6.45) is 4.29. The summed E-state index contributed by atoms with van der Waals surface area (Å²) in [5.41, 5.74) is 1.90. The Morgan fingerprint density at radius 1 is 1.28 bits per heavy atom. The number of hydrogen-bond acceptors (Lipinski definition) is 3. The second-order valence-corrected chi connectivity index (χ2v) is 7.00. The molecule has 0 aromatic heterocycles. The summed E-state index contributed by atoms with van der Waals surface area (Å²) in [4.78, 5) is 11.8. The van der Waals surface area contributed by atoms with Gasteiger partial charge in [0.25, 0.3) is 0 Å². The minimum Gasteiger partial charge on any atom is -0.428 e. The quantitative estimate of drug-likeness (QED) is 0.672. The minimum atomic E-state index is -0.991. The Bertz CT molecular complexity index is 435. The summed E-state index contributed by atoms with van der Waals surface area (Å²) < 4.78 is 5.03. The molecule has 0 radical (unpaired) electrons. The predicted octanol–water partition coefficient (Wildman–Crippen LogP) is 2.78. The lowest BCUT2D eigenvalue weighted by Gasteiger charge is -2.54. The lowest BCUT2D eigenvalue weighted by molar-refractivity contribution is -0.153. The van der Waals surface area contributed by atoms with Crippen molar-refractivity contribution in [3.05, 3.63) is 11.1 Å². The highest BCUT2D eigenvalue weighted by Gasteiger charge is 2.55. The molecule has 3 rings (SSSR count). The summed E-state index contributed by atoms with van der Waals surface area (Å²) in [6, 6.07) is 0. The topological polar surface area (TPSA) is 46.5 Å². The average molecular weight is 250 g/mol. The third kappa shape index (κ3) is 1.43. The van der Waals surface area contributed by atoms with Crippen molar-refractivity contribution in [2.45, 2.75) is 59.2 Å². The molecule has 1 fully saturated rings. The van der Waals surface area contributed by atoms with Crippen LogP contribution in [0.15, 0.2) is 11.1 Å². The molecule has 1 aliphatic heterocycles. The first kappa shape index (κ1) is 12.2. The zero-order valence-electron chi connectivity index (χ0n) is 11.5. The number of rotatable bonds is 0. The van der Waals surface area contributed by atoms with Crippen molar-refractivity contribution in [1.82, 2.24) is 0 Å². The van der Waals surface area contributed by atoms with Crippen LogP contribution in [0.5, 0.6) is 0 Å². The van der Waals surface area contributed by atoms with Gasteiger partial charge in [0.05, 0.1) is 0 Å². The maximum atomic E-state index is 11.8. The Morgan fingerprint density at radius 2 is 2.00 bits per heavy atom. The number of aliphatic hydroxyl groups is 1. The third-order valence-corrected chi connectivity index (χ3v) is 5.57. The molecular weight excluding hydrogens is 228 g/mol. The molecule has 2 aliphatic carbocycles. The molecule has 1 heterocycles. The maximum Gasteiger partial charge on any atom is 0.336 e. The van der Waals surface area contributed by atoms with Crippen molar-refractivity contribution in [3.8, 4) is 0 Å². The van der Waals surface area contributed by atoms with E-state index in [1.54, 1.807) is 0 Å². The Hall–Kier alpha value is -0.830. The van der Waals surface area contributed by atoms with Crippen molar-refractivity contribution in [2.24, 2.45) is 16.7 Å². The molecule has 0 saturated heterocycles. The number of carbonyl (C=O) groups is 1. The van der Waals surface area contributed by atoms with Gasteiger partial charge in [-0.15, -0.1) is 0 Å². The zero-order valence-corrected chi connectivity index (χ0v) is 11.5. The lowest BCUT2D eigenvalue weighted by Crippen LogP contribution is -2.46. The summed E-state index contributed by atoms with van der Waals surface area (Å²) in [5.74, 6) is 0.252. The molecule has 0 aromatic carbocycles. The van der Waals surface area contributed by atoms with Gasteiger partial charge in [0.15, 0.2) is 0 Å². The first-order chi connectivity index (χ1) is 8.36. The lowest BCUT2D eigenvalue weighted by atomic mass is 9.50. The van der Waals surface area contributed by atoms with E-state index in [2.05, 4.69) is 20.8 Å². The molecule has 1 unspecified atom stereocenters. The van der Waals surface area contributed by atoms with Crippen molar-refractivity contribution in [3.63, 3.8) is 0 Å². The molecular formula is C15H22O3. The van der Waals surface area contributed by atoms with Crippen LogP contribution in [0.1, 0.15) is 52.9 Å². The minimum absolute atomic E-state index is 0.0547. The highest BCUT2D eigenvalue weighted by Crippen LogP contribution is 2.61. The molecule has 0 spiro atoms. The molecule has 3 nitrogen and oxygen atoms in total. The zero-order chi connectivity index (χ0) is 13.1. The Morgan fingerprint density at radius 3 is 2.72 bits per heavy atom. The van der Waals surface area contributed by atoms with Crippen molar-refractivity contribution < 1.29 is 14.6 Å². The normalized spacial score (nSPS) is 42.3. The maximum absolute atomic E-state index is 11.8. The summed E-state index contributed by atoms with van der Waals surface area (Å²) >= 11 is 0. The largest absolute Gasteiger partial charge is 0.428 e. The van der Waals surface area contributed by atoms with E-state index in [4.69, 9.17) is 4.74 Å². The summed E-state index contributed by atoms with van der Waals surface area (Å²) in [5, 5.41) is 10.1. The van der Waals surface area contributed by atoms with Crippen molar-refractivity contribution in [2.75, 3.05) is 0 Å². The average Bonchev–Trinajstić information content (AvgIpc) is 2.54. The van der Waals surface area contributed by atoms with Gasteiger partial charge in [-0.2, -0.15) is 0 Å². The van der Waals surface area contributed by atoms with Crippen LogP contribution >= 0.6 is 0 Å². The van der Waals surface area contributed by atoms with E-state index in [0.29, 0.717) is 5.92 Å². The van der Waals surface area contributed by atoms with Crippen LogP contribution in [0.4, 0.5) is 0 Å². The number of esters is 1. The number of cyclic esters (lactones) is 1. The van der Waals surface area contributed by atoms with Crippen LogP contribution in [0.2, 0.25) is 0 Å². The van der Waals surface area contributed by atoms with E-state index >= 15 is 0 Å². The van der Waals surface area contributed by atoms with Gasteiger partial charge < -0.3 is 9.84 Å². The van der Waals surface area contributed by atoms with Gasteiger partial charge in [0.2, 0.25) is 6.29 Å². The number of fused-ring (bicyclic) bond motifs is 2. The van der Waals surface area contributed by atoms with Crippen LogP contribution in [-0.2, 0) is 9.53 Å². The number of carbonyl (C=O) groups excluding carboxylic acids is 1. The molecule has 3 heteroatoms. The van der Waals surface area contributed by atoms with E-state index in [0.717, 1.165) is 36.8 Å². The van der Waals surface area contributed by atoms with Gasteiger partial charge in [-0.25, -0.2) is 4.79 Å². The van der Waals surface area contributed by atoms with E-state index in [1.165, 1.54) is 6.42 Å². The van der Waals surface area contributed by atoms with Gasteiger partial charge in [0, 0.05) is 11.1 Å². The first-order valence-electron chi connectivity index (χ1n) is 6.99. The Balaban J connectivity index is 2.09. The second kappa shape index (κ2) is 3.60. The molecule has 0 amide bonds. The van der Waals surface area contributed by atoms with Gasteiger partial charge in [-0.3, -0.25) is 0 Å². The van der Waals surface area contributed by atoms with Crippen LogP contribution in [0, 0.1) is 16.7 Å². The Kier molecular flexibility index (Phi) is 2.44. The highest BCUT2D eigenvalue weighted by molar-refractivity contribution is 5.92. The standard InChI is InChI=1S/C15H22O3/c1-14(2)7-4-8-15(3)10(14)6-5-9-11(15)13(17)18-12(9)16/h10,13,17H,4-8H2,1-3H3/t10-,13?,15-/m0/s1. The van der Waals surface area contributed by atoms with Crippen molar-refractivity contribution in [1.29, 1.82) is 0 Å². The molecule has 3 aliphatic rings. The predicted molar refractivity (Wildman–Crippen MR) is 67.6 cm³/mol. The van der Waals surface area contributed by atoms with E-state index < -0.39 is 6.29 Å². The molecule has 18 heavy (non-hydrogen) atoms. The third-order valence-electron chi connectivity index (χ3n) is 5.57. The highest BCUT2D eigenvalue weighted by atomic mass is 16.6. The van der Waals surface area contributed by atoms with Crippen LogP contribution < -0.4 is 0 Å². The summed E-state index contributed by atoms with van der Waals surface area (Å²) in [7, 11) is 0. The summed E-state index contributed by atoms with van der Waals surface area (Å²) in [6.45, 7) is 6.87.